The zero-order valence-electron chi connectivity index (χ0n) is 11.6. The van der Waals surface area contributed by atoms with Crippen LogP contribution in [0.25, 0.3) is 11.5 Å². The SMILES string of the molecule is CCN(CCC(=O)O)Cc1nnc(-c2ccc(F)cc2)o1. The van der Waals surface area contributed by atoms with Gasteiger partial charge >= 0.3 is 5.97 Å². The Morgan fingerprint density at radius 3 is 2.67 bits per heavy atom. The number of aromatic nitrogens is 2. The van der Waals surface area contributed by atoms with Gasteiger partial charge in [-0.25, -0.2) is 4.39 Å². The second-order valence-corrected chi connectivity index (χ2v) is 4.52. The van der Waals surface area contributed by atoms with Crippen molar-refractivity contribution in [1.29, 1.82) is 0 Å². The van der Waals surface area contributed by atoms with Gasteiger partial charge in [0.1, 0.15) is 5.82 Å². The number of halogens is 1. The first-order chi connectivity index (χ1) is 10.1. The molecule has 0 saturated heterocycles. The largest absolute Gasteiger partial charge is 0.481 e. The van der Waals surface area contributed by atoms with Crippen LogP contribution in [0, 0.1) is 5.82 Å². The molecule has 6 nitrogen and oxygen atoms in total. The molecule has 0 fully saturated rings. The van der Waals surface area contributed by atoms with Crippen molar-refractivity contribution in [2.45, 2.75) is 19.9 Å². The Balaban J connectivity index is 2.01. The summed E-state index contributed by atoms with van der Waals surface area (Å²) in [6.45, 7) is 3.42. The average molecular weight is 293 g/mol. The maximum absolute atomic E-state index is 12.9. The number of carboxylic acids is 1. The van der Waals surface area contributed by atoms with Gasteiger partial charge in [0.2, 0.25) is 11.8 Å². The van der Waals surface area contributed by atoms with E-state index in [1.165, 1.54) is 12.1 Å². The molecule has 0 aliphatic carbocycles. The first-order valence-electron chi connectivity index (χ1n) is 6.61. The normalized spacial score (nSPS) is 11.0. The van der Waals surface area contributed by atoms with E-state index in [9.17, 15) is 9.18 Å². The van der Waals surface area contributed by atoms with Crippen molar-refractivity contribution >= 4 is 5.97 Å². The van der Waals surface area contributed by atoms with Crippen molar-refractivity contribution in [2.24, 2.45) is 0 Å². The standard InChI is InChI=1S/C14H16FN3O3/c1-2-18(8-7-13(19)20)9-12-16-17-14(21-12)10-3-5-11(15)6-4-10/h3-6H,2,7-9H2,1H3,(H,19,20). The molecule has 0 saturated carbocycles. The van der Waals surface area contributed by atoms with Gasteiger partial charge in [0.25, 0.3) is 0 Å². The monoisotopic (exact) mass is 293 g/mol. The van der Waals surface area contributed by atoms with E-state index in [1.807, 2.05) is 11.8 Å². The molecule has 0 amide bonds. The number of aliphatic carboxylic acids is 1. The van der Waals surface area contributed by atoms with E-state index in [1.54, 1.807) is 12.1 Å². The summed E-state index contributed by atoms with van der Waals surface area (Å²) < 4.78 is 18.4. The lowest BCUT2D eigenvalue weighted by Gasteiger charge is -2.16. The van der Waals surface area contributed by atoms with Crippen LogP contribution in [0.2, 0.25) is 0 Å². The highest BCUT2D eigenvalue weighted by Crippen LogP contribution is 2.18. The van der Waals surface area contributed by atoms with Crippen LogP contribution in [0.4, 0.5) is 4.39 Å². The summed E-state index contributed by atoms with van der Waals surface area (Å²) in [5.74, 6) is -0.448. The Labute approximate surface area is 121 Å². The van der Waals surface area contributed by atoms with Gasteiger partial charge in [-0.1, -0.05) is 6.92 Å². The number of hydrogen-bond donors (Lipinski definition) is 1. The van der Waals surface area contributed by atoms with Crippen LogP contribution in [-0.2, 0) is 11.3 Å². The van der Waals surface area contributed by atoms with Gasteiger partial charge in [0.05, 0.1) is 13.0 Å². The van der Waals surface area contributed by atoms with Crippen LogP contribution in [-0.4, -0.2) is 39.3 Å². The second kappa shape index (κ2) is 6.94. The van der Waals surface area contributed by atoms with Crippen LogP contribution < -0.4 is 0 Å². The highest BCUT2D eigenvalue weighted by atomic mass is 19.1. The van der Waals surface area contributed by atoms with Crippen molar-refractivity contribution in [3.05, 3.63) is 36.0 Å². The summed E-state index contributed by atoms with van der Waals surface area (Å²) in [5.41, 5.74) is 0.642. The lowest BCUT2D eigenvalue weighted by Crippen LogP contribution is -2.25. The predicted molar refractivity (Wildman–Crippen MR) is 72.9 cm³/mol. The van der Waals surface area contributed by atoms with Crippen molar-refractivity contribution in [3.63, 3.8) is 0 Å². The molecule has 7 heteroatoms. The van der Waals surface area contributed by atoms with E-state index >= 15 is 0 Å². The first-order valence-corrected chi connectivity index (χ1v) is 6.61. The number of nitrogens with zero attached hydrogens (tertiary/aromatic N) is 3. The minimum Gasteiger partial charge on any atom is -0.481 e. The molecule has 0 aliphatic rings. The van der Waals surface area contributed by atoms with E-state index < -0.39 is 5.97 Å². The molecule has 0 aliphatic heterocycles. The van der Waals surface area contributed by atoms with Crippen LogP contribution in [0.5, 0.6) is 0 Å². The molecule has 0 unspecified atom stereocenters. The lowest BCUT2D eigenvalue weighted by atomic mass is 10.2. The molecule has 1 heterocycles. The van der Waals surface area contributed by atoms with Gasteiger partial charge in [0, 0.05) is 12.1 Å². The van der Waals surface area contributed by atoms with Crippen LogP contribution >= 0.6 is 0 Å². The van der Waals surface area contributed by atoms with Gasteiger partial charge in [-0.15, -0.1) is 10.2 Å². The summed E-state index contributed by atoms with van der Waals surface area (Å²) >= 11 is 0. The van der Waals surface area contributed by atoms with Crippen molar-refractivity contribution in [3.8, 4) is 11.5 Å². The summed E-state index contributed by atoms with van der Waals surface area (Å²) in [6.07, 6.45) is 0.0623. The van der Waals surface area contributed by atoms with Crippen molar-refractivity contribution in [1.82, 2.24) is 15.1 Å². The number of carboxylic acid groups (broad SMARTS) is 1. The summed E-state index contributed by atoms with van der Waals surface area (Å²) in [4.78, 5) is 12.5. The summed E-state index contributed by atoms with van der Waals surface area (Å²) in [7, 11) is 0. The fraction of sp³-hybridized carbons (Fsp3) is 0.357. The third kappa shape index (κ3) is 4.35. The van der Waals surface area contributed by atoms with E-state index in [2.05, 4.69) is 10.2 Å². The topological polar surface area (TPSA) is 79.5 Å². The fourth-order valence-electron chi connectivity index (χ4n) is 1.82. The van der Waals surface area contributed by atoms with Crippen molar-refractivity contribution < 1.29 is 18.7 Å². The van der Waals surface area contributed by atoms with E-state index in [4.69, 9.17) is 9.52 Å². The maximum Gasteiger partial charge on any atom is 0.304 e. The zero-order valence-corrected chi connectivity index (χ0v) is 11.6. The van der Waals surface area contributed by atoms with Gasteiger partial charge in [-0.05, 0) is 30.8 Å². The number of benzene rings is 1. The third-order valence-corrected chi connectivity index (χ3v) is 3.01. The maximum atomic E-state index is 12.9. The molecule has 1 aromatic carbocycles. The highest BCUT2D eigenvalue weighted by Gasteiger charge is 2.13. The average Bonchev–Trinajstić information content (AvgIpc) is 2.92. The molecule has 0 atom stereocenters. The molecule has 1 aromatic heterocycles. The van der Waals surface area contributed by atoms with Crippen LogP contribution in [0.1, 0.15) is 19.2 Å². The van der Waals surface area contributed by atoms with E-state index in [-0.39, 0.29) is 12.2 Å². The molecule has 0 radical (unpaired) electrons. The first kappa shape index (κ1) is 15.1. The molecule has 1 N–H and O–H groups in total. The molecule has 2 aromatic rings. The van der Waals surface area contributed by atoms with Gasteiger partial charge in [0.15, 0.2) is 0 Å². The van der Waals surface area contributed by atoms with E-state index in [0.717, 1.165) is 0 Å². The van der Waals surface area contributed by atoms with Gasteiger partial charge < -0.3 is 9.52 Å². The zero-order chi connectivity index (χ0) is 15.2. The number of carbonyl (C=O) groups is 1. The molecule has 21 heavy (non-hydrogen) atoms. The molecule has 112 valence electrons. The molecule has 0 spiro atoms. The fourth-order valence-corrected chi connectivity index (χ4v) is 1.82. The van der Waals surface area contributed by atoms with Crippen molar-refractivity contribution in [2.75, 3.05) is 13.1 Å². The second-order valence-electron chi connectivity index (χ2n) is 4.52. The van der Waals surface area contributed by atoms with Gasteiger partial charge in [-0.2, -0.15) is 0 Å². The number of rotatable bonds is 7. The molecular formula is C14H16FN3O3. The Kier molecular flexibility index (Phi) is 4.99. The van der Waals surface area contributed by atoms with Crippen LogP contribution in [0.15, 0.2) is 28.7 Å². The highest BCUT2D eigenvalue weighted by molar-refractivity contribution is 5.66. The molecule has 2 rings (SSSR count). The summed E-state index contributed by atoms with van der Waals surface area (Å²) in [5, 5.41) is 16.5. The predicted octanol–water partition coefficient (Wildman–Crippen LogP) is 2.17. The Morgan fingerprint density at radius 2 is 2.05 bits per heavy atom. The minimum atomic E-state index is -0.842. The van der Waals surface area contributed by atoms with E-state index in [0.29, 0.717) is 37.0 Å². The third-order valence-electron chi connectivity index (χ3n) is 3.01. The molecular weight excluding hydrogens is 277 g/mol. The van der Waals surface area contributed by atoms with Gasteiger partial charge in [-0.3, -0.25) is 9.69 Å². The number of hydrogen-bond acceptors (Lipinski definition) is 5. The van der Waals surface area contributed by atoms with Crippen LogP contribution in [0.3, 0.4) is 0 Å². The lowest BCUT2D eigenvalue weighted by molar-refractivity contribution is -0.137. The quantitative estimate of drug-likeness (QED) is 0.842. The Hall–Kier alpha value is -2.28. The Bertz CT molecular complexity index is 598. The Morgan fingerprint density at radius 1 is 1.33 bits per heavy atom. The molecule has 0 bridgehead atoms. The minimum absolute atomic E-state index is 0.0623. The smallest absolute Gasteiger partial charge is 0.304 e. The summed E-state index contributed by atoms with van der Waals surface area (Å²) in [6, 6.07) is 5.78.